The van der Waals surface area contributed by atoms with E-state index in [1.54, 1.807) is 0 Å². The lowest BCUT2D eigenvalue weighted by Crippen LogP contribution is -2.38. The van der Waals surface area contributed by atoms with Crippen molar-refractivity contribution in [2.75, 3.05) is 6.79 Å². The van der Waals surface area contributed by atoms with Crippen LogP contribution >= 0.6 is 15.9 Å². The van der Waals surface area contributed by atoms with Gasteiger partial charge in [0.15, 0.2) is 11.5 Å². The zero-order valence-electron chi connectivity index (χ0n) is 12.1. The fraction of sp³-hybridized carbons (Fsp3) is 0.562. The van der Waals surface area contributed by atoms with Crippen molar-refractivity contribution in [3.8, 4) is 11.5 Å². The van der Waals surface area contributed by atoms with E-state index in [0.717, 1.165) is 41.3 Å². The summed E-state index contributed by atoms with van der Waals surface area (Å²) < 4.78 is 11.9. The smallest absolute Gasteiger partial charge is 0.314 e. The molecular formula is C16H19BrO4. The Morgan fingerprint density at radius 3 is 2.57 bits per heavy atom. The van der Waals surface area contributed by atoms with Gasteiger partial charge in [0.25, 0.3) is 0 Å². The normalized spacial score (nSPS) is 19.5. The lowest BCUT2D eigenvalue weighted by atomic mass is 9.67. The zero-order chi connectivity index (χ0) is 15.0. The summed E-state index contributed by atoms with van der Waals surface area (Å²) in [5.74, 6) is 0.697. The van der Waals surface area contributed by atoms with Crippen molar-refractivity contribution in [3.63, 3.8) is 0 Å². The van der Waals surface area contributed by atoms with E-state index >= 15 is 0 Å². The van der Waals surface area contributed by atoms with Crippen molar-refractivity contribution in [3.05, 3.63) is 21.7 Å². The van der Waals surface area contributed by atoms with Gasteiger partial charge in [-0.2, -0.15) is 0 Å². The Labute approximate surface area is 132 Å². The van der Waals surface area contributed by atoms with Gasteiger partial charge in [0.2, 0.25) is 6.79 Å². The van der Waals surface area contributed by atoms with Gasteiger partial charge in [-0.15, -0.1) is 0 Å². The average Bonchev–Trinajstić information content (AvgIpc) is 2.97. The molecule has 1 saturated carbocycles. The summed E-state index contributed by atoms with van der Waals surface area (Å²) in [7, 11) is 0. The monoisotopic (exact) mass is 354 g/mol. The van der Waals surface area contributed by atoms with Gasteiger partial charge >= 0.3 is 5.97 Å². The third-order valence-corrected chi connectivity index (χ3v) is 5.27. The minimum Gasteiger partial charge on any atom is -0.481 e. The van der Waals surface area contributed by atoms with Crippen LogP contribution in [-0.4, -0.2) is 17.9 Å². The highest BCUT2D eigenvalue weighted by Crippen LogP contribution is 2.50. The van der Waals surface area contributed by atoms with Crippen LogP contribution in [0, 0.1) is 0 Å². The molecule has 1 fully saturated rings. The molecule has 0 atom stereocenters. The van der Waals surface area contributed by atoms with E-state index in [0.29, 0.717) is 24.3 Å². The summed E-state index contributed by atoms with van der Waals surface area (Å²) in [6, 6.07) is 1.94. The van der Waals surface area contributed by atoms with E-state index in [1.807, 2.05) is 13.0 Å². The third kappa shape index (κ3) is 2.22. The molecule has 0 bridgehead atoms. The van der Waals surface area contributed by atoms with Crippen molar-refractivity contribution >= 4 is 21.9 Å². The second-order valence-corrected chi connectivity index (χ2v) is 6.61. The lowest BCUT2D eigenvalue weighted by Gasteiger charge is -2.35. The Balaban J connectivity index is 2.21. The molecule has 1 aliphatic heterocycles. The maximum atomic E-state index is 12.1. The molecule has 3 rings (SSSR count). The molecule has 0 unspecified atom stereocenters. The van der Waals surface area contributed by atoms with Crippen LogP contribution in [-0.2, 0) is 16.6 Å². The second kappa shape index (κ2) is 5.52. The molecule has 21 heavy (non-hydrogen) atoms. The first-order chi connectivity index (χ1) is 10.1. The number of hydrogen-bond donors (Lipinski definition) is 1. The first-order valence-corrected chi connectivity index (χ1v) is 8.24. The zero-order valence-corrected chi connectivity index (χ0v) is 13.7. The summed E-state index contributed by atoms with van der Waals surface area (Å²) in [4.78, 5) is 12.1. The van der Waals surface area contributed by atoms with E-state index in [2.05, 4.69) is 15.9 Å². The van der Waals surface area contributed by atoms with E-state index in [4.69, 9.17) is 9.47 Å². The summed E-state index contributed by atoms with van der Waals surface area (Å²) >= 11 is 3.50. The highest BCUT2D eigenvalue weighted by molar-refractivity contribution is 9.10. The molecule has 0 aromatic heterocycles. The number of rotatable bonds is 3. The van der Waals surface area contributed by atoms with Crippen LogP contribution in [0.1, 0.15) is 50.2 Å². The first-order valence-electron chi connectivity index (χ1n) is 7.45. The Morgan fingerprint density at radius 1 is 1.29 bits per heavy atom. The fourth-order valence-electron chi connectivity index (χ4n) is 3.61. The second-order valence-electron chi connectivity index (χ2n) is 5.75. The summed E-state index contributed by atoms with van der Waals surface area (Å²) in [6.07, 6.45) is 5.16. The minimum absolute atomic E-state index is 0.199. The SMILES string of the molecule is CCc1c(C2(C(=O)O)CCCCC2)cc(Br)c2c1OCO2. The van der Waals surface area contributed by atoms with Gasteiger partial charge < -0.3 is 14.6 Å². The van der Waals surface area contributed by atoms with Gasteiger partial charge in [-0.1, -0.05) is 26.2 Å². The number of aliphatic carboxylic acids is 1. The Bertz CT molecular complexity index is 576. The van der Waals surface area contributed by atoms with Gasteiger partial charge in [0, 0.05) is 5.56 Å². The number of carboxylic acids is 1. The molecule has 1 aromatic carbocycles. The molecule has 4 nitrogen and oxygen atoms in total. The fourth-order valence-corrected chi connectivity index (χ4v) is 4.14. The largest absolute Gasteiger partial charge is 0.481 e. The van der Waals surface area contributed by atoms with Crippen molar-refractivity contribution in [1.29, 1.82) is 0 Å². The Morgan fingerprint density at radius 2 is 1.95 bits per heavy atom. The minimum atomic E-state index is -0.785. The molecule has 0 spiro atoms. The van der Waals surface area contributed by atoms with E-state index in [9.17, 15) is 9.90 Å². The summed E-state index contributed by atoms with van der Waals surface area (Å²) in [5.41, 5.74) is 1.09. The van der Waals surface area contributed by atoms with Crippen LogP contribution in [0.5, 0.6) is 11.5 Å². The van der Waals surface area contributed by atoms with Crippen LogP contribution in [0.4, 0.5) is 0 Å². The Kier molecular flexibility index (Phi) is 3.86. The summed E-state index contributed by atoms with van der Waals surface area (Å²) in [6.45, 7) is 2.23. The van der Waals surface area contributed by atoms with Crippen molar-refractivity contribution in [1.82, 2.24) is 0 Å². The number of carbonyl (C=O) groups is 1. The highest BCUT2D eigenvalue weighted by atomic mass is 79.9. The topological polar surface area (TPSA) is 55.8 Å². The first kappa shape index (κ1) is 14.7. The van der Waals surface area contributed by atoms with E-state index in [-0.39, 0.29) is 6.79 Å². The maximum absolute atomic E-state index is 12.1. The molecule has 0 radical (unpaired) electrons. The molecule has 1 aromatic rings. The number of fused-ring (bicyclic) bond motifs is 1. The quantitative estimate of drug-likeness (QED) is 0.890. The number of halogens is 1. The van der Waals surface area contributed by atoms with Gasteiger partial charge in [-0.3, -0.25) is 4.79 Å². The van der Waals surface area contributed by atoms with Gasteiger partial charge in [-0.25, -0.2) is 0 Å². The maximum Gasteiger partial charge on any atom is 0.314 e. The van der Waals surface area contributed by atoms with Crippen molar-refractivity contribution < 1.29 is 19.4 Å². The number of hydrogen-bond acceptors (Lipinski definition) is 3. The van der Waals surface area contributed by atoms with Gasteiger partial charge in [0.05, 0.1) is 9.89 Å². The summed E-state index contributed by atoms with van der Waals surface area (Å²) in [5, 5.41) is 9.91. The van der Waals surface area contributed by atoms with Crippen molar-refractivity contribution in [2.45, 2.75) is 50.9 Å². The number of carboxylic acid groups (broad SMARTS) is 1. The highest BCUT2D eigenvalue weighted by Gasteiger charge is 2.44. The predicted molar refractivity (Wildman–Crippen MR) is 82.0 cm³/mol. The molecule has 0 saturated heterocycles. The number of ether oxygens (including phenoxy) is 2. The molecule has 0 amide bonds. The van der Waals surface area contributed by atoms with Crippen LogP contribution < -0.4 is 9.47 Å². The molecule has 1 heterocycles. The predicted octanol–water partition coefficient (Wildman–Crippen LogP) is 4.03. The van der Waals surface area contributed by atoms with Gasteiger partial charge in [0.1, 0.15) is 0 Å². The van der Waals surface area contributed by atoms with Crippen LogP contribution in [0.15, 0.2) is 10.5 Å². The van der Waals surface area contributed by atoms with Crippen molar-refractivity contribution in [2.24, 2.45) is 0 Å². The lowest BCUT2D eigenvalue weighted by molar-refractivity contribution is -0.145. The van der Waals surface area contributed by atoms with Crippen LogP contribution in [0.2, 0.25) is 0 Å². The molecule has 2 aliphatic rings. The molecule has 1 aliphatic carbocycles. The average molecular weight is 355 g/mol. The van der Waals surface area contributed by atoms with Crippen LogP contribution in [0.25, 0.3) is 0 Å². The van der Waals surface area contributed by atoms with E-state index in [1.165, 1.54) is 0 Å². The Hall–Kier alpha value is -1.23. The molecular weight excluding hydrogens is 336 g/mol. The molecule has 114 valence electrons. The number of benzene rings is 1. The third-order valence-electron chi connectivity index (χ3n) is 4.69. The van der Waals surface area contributed by atoms with Crippen LogP contribution in [0.3, 0.4) is 0 Å². The molecule has 5 heteroatoms. The van der Waals surface area contributed by atoms with E-state index < -0.39 is 11.4 Å². The van der Waals surface area contributed by atoms with Gasteiger partial charge in [-0.05, 0) is 46.8 Å². The molecule has 1 N–H and O–H groups in total. The standard InChI is InChI=1S/C16H19BrO4/c1-2-10-11(8-12(17)14-13(10)20-9-21-14)16(15(18)19)6-4-3-5-7-16/h8H,2-7,9H2,1H3,(H,18,19).